The molecule has 7 heteroatoms. The van der Waals surface area contributed by atoms with Crippen LogP contribution < -0.4 is 10.6 Å². The van der Waals surface area contributed by atoms with Crippen molar-refractivity contribution in [3.63, 3.8) is 0 Å². The molecule has 3 rings (SSSR count). The van der Waals surface area contributed by atoms with Gasteiger partial charge in [-0.05, 0) is 55.3 Å². The van der Waals surface area contributed by atoms with Gasteiger partial charge in [-0.25, -0.2) is 0 Å². The minimum absolute atomic E-state index is 0.110. The van der Waals surface area contributed by atoms with E-state index in [0.29, 0.717) is 15.7 Å². The predicted molar refractivity (Wildman–Crippen MR) is 117 cm³/mol. The Kier molecular flexibility index (Phi) is 7.65. The van der Waals surface area contributed by atoms with E-state index in [-0.39, 0.29) is 23.5 Å². The van der Waals surface area contributed by atoms with Crippen LogP contribution in [0.15, 0.2) is 47.4 Å². The maximum Gasteiger partial charge on any atom is 0.234 e. The van der Waals surface area contributed by atoms with Crippen molar-refractivity contribution in [1.82, 2.24) is 0 Å². The number of carbonyl (C=O) groups is 2. The normalized spacial score (nSPS) is 14.5. The predicted octanol–water partition coefficient (Wildman–Crippen LogP) is 6.24. The third kappa shape index (κ3) is 6.16. The molecule has 0 spiro atoms. The summed E-state index contributed by atoms with van der Waals surface area (Å²) in [6, 6.07) is 12.5. The highest BCUT2D eigenvalue weighted by molar-refractivity contribution is 8.00. The van der Waals surface area contributed by atoms with Gasteiger partial charge in [0.2, 0.25) is 11.8 Å². The van der Waals surface area contributed by atoms with Crippen LogP contribution in [0, 0.1) is 5.92 Å². The molecule has 0 saturated heterocycles. The number of hydrogen-bond acceptors (Lipinski definition) is 3. The molecule has 1 aliphatic carbocycles. The van der Waals surface area contributed by atoms with Crippen LogP contribution in [0.1, 0.15) is 32.1 Å². The lowest BCUT2D eigenvalue weighted by Crippen LogP contribution is -2.24. The maximum absolute atomic E-state index is 12.3. The largest absolute Gasteiger partial charge is 0.326 e. The van der Waals surface area contributed by atoms with Crippen molar-refractivity contribution in [3.8, 4) is 0 Å². The number of rotatable bonds is 6. The smallest absolute Gasteiger partial charge is 0.234 e. The summed E-state index contributed by atoms with van der Waals surface area (Å²) in [6.45, 7) is 0. The second-order valence-electron chi connectivity index (χ2n) is 6.81. The zero-order valence-corrected chi connectivity index (χ0v) is 17.7. The molecule has 0 bridgehead atoms. The van der Waals surface area contributed by atoms with Gasteiger partial charge in [0.25, 0.3) is 0 Å². The summed E-state index contributed by atoms with van der Waals surface area (Å²) in [5.41, 5.74) is 1.33. The van der Waals surface area contributed by atoms with Gasteiger partial charge in [-0.15, -0.1) is 11.8 Å². The lowest BCUT2D eigenvalue weighted by atomic mass is 9.88. The molecular weight excluding hydrogens is 415 g/mol. The highest BCUT2D eigenvalue weighted by Gasteiger charge is 2.20. The molecule has 0 aliphatic heterocycles. The molecule has 2 N–H and O–H groups in total. The van der Waals surface area contributed by atoms with E-state index in [1.807, 2.05) is 24.3 Å². The maximum atomic E-state index is 12.3. The first-order valence-corrected chi connectivity index (χ1v) is 11.0. The molecule has 2 aromatic carbocycles. The number of carbonyl (C=O) groups excluding carboxylic acids is 2. The van der Waals surface area contributed by atoms with E-state index in [0.717, 1.165) is 36.3 Å². The number of halogens is 2. The Bertz CT molecular complexity index is 837. The number of nitrogens with one attached hydrogen (secondary N) is 2. The molecule has 0 unspecified atom stereocenters. The van der Waals surface area contributed by atoms with Crippen LogP contribution in [-0.2, 0) is 9.59 Å². The minimum atomic E-state index is -0.149. The lowest BCUT2D eigenvalue weighted by Gasteiger charge is -2.20. The van der Waals surface area contributed by atoms with Gasteiger partial charge in [-0.3, -0.25) is 9.59 Å². The fraction of sp³-hybridized carbons (Fsp3) is 0.333. The van der Waals surface area contributed by atoms with E-state index in [1.165, 1.54) is 18.2 Å². The van der Waals surface area contributed by atoms with Crippen LogP contribution in [0.25, 0.3) is 0 Å². The van der Waals surface area contributed by atoms with Gasteiger partial charge in [0.15, 0.2) is 0 Å². The molecule has 1 saturated carbocycles. The van der Waals surface area contributed by atoms with Gasteiger partial charge in [0.05, 0.1) is 16.5 Å². The zero-order valence-electron chi connectivity index (χ0n) is 15.3. The average Bonchev–Trinajstić information content (AvgIpc) is 2.70. The van der Waals surface area contributed by atoms with Crippen molar-refractivity contribution in [2.75, 3.05) is 16.4 Å². The Morgan fingerprint density at radius 3 is 2.36 bits per heavy atom. The van der Waals surface area contributed by atoms with E-state index in [1.54, 1.807) is 18.2 Å². The van der Waals surface area contributed by atoms with Crippen molar-refractivity contribution in [2.24, 2.45) is 5.92 Å². The molecule has 0 heterocycles. The minimum Gasteiger partial charge on any atom is -0.326 e. The van der Waals surface area contributed by atoms with Gasteiger partial charge in [0.1, 0.15) is 0 Å². The van der Waals surface area contributed by atoms with Gasteiger partial charge >= 0.3 is 0 Å². The molecule has 4 nitrogen and oxygen atoms in total. The molecule has 148 valence electrons. The third-order valence-corrected chi connectivity index (χ3v) is 6.23. The number of amides is 2. The van der Waals surface area contributed by atoms with Gasteiger partial charge in [0, 0.05) is 21.5 Å². The number of benzene rings is 2. The molecule has 1 fully saturated rings. The van der Waals surface area contributed by atoms with E-state index in [9.17, 15) is 9.59 Å². The Hall–Kier alpha value is -1.69. The Balaban J connectivity index is 1.47. The number of thioether (sulfide) groups is 1. The molecule has 0 radical (unpaired) electrons. The highest BCUT2D eigenvalue weighted by atomic mass is 35.5. The quantitative estimate of drug-likeness (QED) is 0.526. The third-order valence-electron chi connectivity index (χ3n) is 4.67. The van der Waals surface area contributed by atoms with Crippen LogP contribution in [0.4, 0.5) is 11.4 Å². The molecule has 2 aromatic rings. The second kappa shape index (κ2) is 10.2. The summed E-state index contributed by atoms with van der Waals surface area (Å²) in [5.74, 6) is 0.349. The first-order chi connectivity index (χ1) is 13.5. The highest BCUT2D eigenvalue weighted by Crippen LogP contribution is 2.27. The standard InChI is InChI=1S/C21H22Cl2N2O2S/c22-15-6-11-19(18(23)12-15)25-20(26)13-28-17-9-7-16(8-10-17)24-21(27)14-4-2-1-3-5-14/h6-12,14H,1-5,13H2,(H,24,27)(H,25,26). The van der Waals surface area contributed by atoms with Crippen molar-refractivity contribution in [3.05, 3.63) is 52.5 Å². The first-order valence-electron chi connectivity index (χ1n) is 9.30. The second-order valence-corrected chi connectivity index (χ2v) is 8.70. The lowest BCUT2D eigenvalue weighted by molar-refractivity contribution is -0.120. The molecule has 0 aromatic heterocycles. The number of anilines is 2. The summed E-state index contributed by atoms with van der Waals surface area (Å²) in [5, 5.41) is 6.70. The van der Waals surface area contributed by atoms with Gasteiger partial charge in [-0.2, -0.15) is 0 Å². The summed E-state index contributed by atoms with van der Waals surface area (Å²) in [6.07, 6.45) is 5.46. The Morgan fingerprint density at radius 1 is 0.964 bits per heavy atom. The Labute approximate surface area is 179 Å². The van der Waals surface area contributed by atoms with Crippen molar-refractivity contribution < 1.29 is 9.59 Å². The van der Waals surface area contributed by atoms with E-state index in [2.05, 4.69) is 10.6 Å². The SMILES string of the molecule is O=C(CSc1ccc(NC(=O)C2CCCCC2)cc1)Nc1ccc(Cl)cc1Cl. The topological polar surface area (TPSA) is 58.2 Å². The summed E-state index contributed by atoms with van der Waals surface area (Å²) < 4.78 is 0. The van der Waals surface area contributed by atoms with Crippen LogP contribution in [-0.4, -0.2) is 17.6 Å². The average molecular weight is 437 g/mol. The fourth-order valence-corrected chi connectivity index (χ4v) is 4.32. The van der Waals surface area contributed by atoms with E-state index >= 15 is 0 Å². The zero-order chi connectivity index (χ0) is 19.9. The van der Waals surface area contributed by atoms with Crippen molar-refractivity contribution in [2.45, 2.75) is 37.0 Å². The first kappa shape index (κ1) is 21.0. The van der Waals surface area contributed by atoms with Crippen molar-refractivity contribution >= 4 is 58.2 Å². The summed E-state index contributed by atoms with van der Waals surface area (Å²) in [4.78, 5) is 25.4. The van der Waals surface area contributed by atoms with E-state index < -0.39 is 0 Å². The summed E-state index contributed by atoms with van der Waals surface area (Å²) in [7, 11) is 0. The monoisotopic (exact) mass is 436 g/mol. The van der Waals surface area contributed by atoms with Crippen molar-refractivity contribution in [1.29, 1.82) is 0 Å². The van der Waals surface area contributed by atoms with Crippen LogP contribution >= 0.6 is 35.0 Å². The Morgan fingerprint density at radius 2 is 1.68 bits per heavy atom. The van der Waals surface area contributed by atoms with Crippen LogP contribution in [0.5, 0.6) is 0 Å². The molecular formula is C21H22Cl2N2O2S. The molecule has 0 atom stereocenters. The van der Waals surface area contributed by atoms with Gasteiger partial charge < -0.3 is 10.6 Å². The summed E-state index contributed by atoms with van der Waals surface area (Å²) >= 11 is 13.3. The van der Waals surface area contributed by atoms with Gasteiger partial charge in [-0.1, -0.05) is 42.5 Å². The fourth-order valence-electron chi connectivity index (χ4n) is 3.17. The number of hydrogen-bond donors (Lipinski definition) is 2. The molecule has 1 aliphatic rings. The van der Waals surface area contributed by atoms with Crippen LogP contribution in [0.2, 0.25) is 10.0 Å². The van der Waals surface area contributed by atoms with E-state index in [4.69, 9.17) is 23.2 Å². The van der Waals surface area contributed by atoms with Crippen LogP contribution in [0.3, 0.4) is 0 Å². The molecule has 28 heavy (non-hydrogen) atoms. The molecule has 2 amide bonds.